The molecule has 0 aromatic carbocycles. The van der Waals surface area contributed by atoms with Gasteiger partial charge in [0.15, 0.2) is 0 Å². The zero-order valence-electron chi connectivity index (χ0n) is 10.9. The molecule has 4 nitrogen and oxygen atoms in total. The van der Waals surface area contributed by atoms with Crippen molar-refractivity contribution < 1.29 is 9.53 Å². The summed E-state index contributed by atoms with van der Waals surface area (Å²) in [6.07, 6.45) is 5.56. The third kappa shape index (κ3) is 2.47. The molecule has 0 radical (unpaired) electrons. The second kappa shape index (κ2) is 5.36. The third-order valence-corrected chi connectivity index (χ3v) is 4.50. The van der Waals surface area contributed by atoms with E-state index in [-0.39, 0.29) is 23.5 Å². The summed E-state index contributed by atoms with van der Waals surface area (Å²) < 4.78 is 5.38. The van der Waals surface area contributed by atoms with Crippen LogP contribution in [0.4, 0.5) is 0 Å². The quantitative estimate of drug-likeness (QED) is 0.772. The van der Waals surface area contributed by atoms with Gasteiger partial charge < -0.3 is 15.4 Å². The van der Waals surface area contributed by atoms with Crippen LogP contribution in [0.5, 0.6) is 0 Å². The van der Waals surface area contributed by atoms with Crippen LogP contribution >= 0.6 is 0 Å². The van der Waals surface area contributed by atoms with Gasteiger partial charge in [-0.05, 0) is 19.3 Å². The lowest BCUT2D eigenvalue weighted by Crippen LogP contribution is -2.49. The molecule has 4 heteroatoms. The second-order valence-corrected chi connectivity index (χ2v) is 5.35. The Hall–Kier alpha value is -0.610. The van der Waals surface area contributed by atoms with Crippen LogP contribution in [0.15, 0.2) is 0 Å². The predicted octanol–water partition coefficient (Wildman–Crippen LogP) is 1.06. The van der Waals surface area contributed by atoms with Gasteiger partial charge in [-0.2, -0.15) is 0 Å². The van der Waals surface area contributed by atoms with Crippen LogP contribution in [-0.4, -0.2) is 38.3 Å². The van der Waals surface area contributed by atoms with Crippen LogP contribution in [-0.2, 0) is 9.53 Å². The lowest BCUT2D eigenvalue weighted by molar-refractivity contribution is -0.132. The SMILES string of the molecule is CCC1(C(=O)NC2CNC[C@@H]2OC)CCCC1. The van der Waals surface area contributed by atoms with Gasteiger partial charge in [-0.3, -0.25) is 4.79 Å². The number of hydrogen-bond acceptors (Lipinski definition) is 3. The molecule has 1 unspecified atom stereocenters. The van der Waals surface area contributed by atoms with Gasteiger partial charge in [0.1, 0.15) is 0 Å². The second-order valence-electron chi connectivity index (χ2n) is 5.35. The van der Waals surface area contributed by atoms with Gasteiger partial charge in [0.25, 0.3) is 0 Å². The number of carbonyl (C=O) groups is 1. The van der Waals surface area contributed by atoms with E-state index in [9.17, 15) is 4.79 Å². The molecule has 0 aromatic rings. The normalized spacial score (nSPS) is 31.6. The maximum Gasteiger partial charge on any atom is 0.226 e. The number of rotatable bonds is 4. The van der Waals surface area contributed by atoms with Gasteiger partial charge in [-0.25, -0.2) is 0 Å². The molecule has 1 saturated carbocycles. The molecular formula is C13H24N2O2. The zero-order chi connectivity index (χ0) is 12.3. The Labute approximate surface area is 103 Å². The highest BCUT2D eigenvalue weighted by Gasteiger charge is 2.41. The molecule has 98 valence electrons. The summed E-state index contributed by atoms with van der Waals surface area (Å²) in [4.78, 5) is 12.4. The fourth-order valence-corrected chi connectivity index (χ4v) is 3.16. The van der Waals surface area contributed by atoms with E-state index in [1.807, 2.05) is 0 Å². The number of hydrogen-bond donors (Lipinski definition) is 2. The number of nitrogens with one attached hydrogen (secondary N) is 2. The largest absolute Gasteiger partial charge is 0.378 e. The first-order valence-corrected chi connectivity index (χ1v) is 6.76. The highest BCUT2D eigenvalue weighted by atomic mass is 16.5. The van der Waals surface area contributed by atoms with Gasteiger partial charge in [0.2, 0.25) is 5.91 Å². The molecule has 2 N–H and O–H groups in total. The van der Waals surface area contributed by atoms with Crippen LogP contribution in [0.1, 0.15) is 39.0 Å². The first-order chi connectivity index (χ1) is 8.22. The Kier molecular flexibility index (Phi) is 4.05. The van der Waals surface area contributed by atoms with Crippen LogP contribution in [0, 0.1) is 5.41 Å². The Morgan fingerprint density at radius 3 is 2.71 bits per heavy atom. The maximum absolute atomic E-state index is 12.4. The molecule has 2 aliphatic rings. The summed E-state index contributed by atoms with van der Waals surface area (Å²) in [6, 6.07) is 0.136. The molecule has 2 rings (SSSR count). The summed E-state index contributed by atoms with van der Waals surface area (Å²) in [5.74, 6) is 0.244. The number of carbonyl (C=O) groups excluding carboxylic acids is 1. The number of methoxy groups -OCH3 is 1. The first kappa shape index (κ1) is 12.8. The van der Waals surface area contributed by atoms with E-state index in [0.717, 1.165) is 32.4 Å². The van der Waals surface area contributed by atoms with Crippen molar-refractivity contribution in [3.8, 4) is 0 Å². The molecule has 2 atom stereocenters. The lowest BCUT2D eigenvalue weighted by Gasteiger charge is -2.29. The summed E-state index contributed by atoms with van der Waals surface area (Å²) in [7, 11) is 1.71. The Bertz CT molecular complexity index is 275. The smallest absolute Gasteiger partial charge is 0.226 e. The topological polar surface area (TPSA) is 50.4 Å². The monoisotopic (exact) mass is 240 g/mol. The first-order valence-electron chi connectivity index (χ1n) is 6.76. The van der Waals surface area contributed by atoms with E-state index in [0.29, 0.717) is 0 Å². The maximum atomic E-state index is 12.4. The fourth-order valence-electron chi connectivity index (χ4n) is 3.16. The van der Waals surface area contributed by atoms with E-state index < -0.39 is 0 Å². The highest BCUT2D eigenvalue weighted by Crippen LogP contribution is 2.41. The molecule has 2 fully saturated rings. The minimum atomic E-state index is -0.0963. The molecule has 1 aliphatic carbocycles. The van der Waals surface area contributed by atoms with Gasteiger partial charge >= 0.3 is 0 Å². The van der Waals surface area contributed by atoms with E-state index in [1.54, 1.807) is 7.11 Å². The van der Waals surface area contributed by atoms with Crippen molar-refractivity contribution in [3.05, 3.63) is 0 Å². The number of ether oxygens (including phenoxy) is 1. The van der Waals surface area contributed by atoms with Crippen LogP contribution in [0.3, 0.4) is 0 Å². The van der Waals surface area contributed by atoms with Crippen LogP contribution < -0.4 is 10.6 Å². The summed E-state index contributed by atoms with van der Waals surface area (Å²) in [5, 5.41) is 6.45. The van der Waals surface area contributed by atoms with Crippen LogP contribution in [0.25, 0.3) is 0 Å². The molecule has 17 heavy (non-hydrogen) atoms. The van der Waals surface area contributed by atoms with E-state index in [4.69, 9.17) is 4.74 Å². The average Bonchev–Trinajstić information content (AvgIpc) is 2.97. The van der Waals surface area contributed by atoms with Crippen LogP contribution in [0.2, 0.25) is 0 Å². The molecule has 0 spiro atoms. The van der Waals surface area contributed by atoms with E-state index >= 15 is 0 Å². The summed E-state index contributed by atoms with van der Waals surface area (Å²) in [6.45, 7) is 3.79. The van der Waals surface area contributed by atoms with Crippen molar-refractivity contribution in [2.24, 2.45) is 5.41 Å². The molecule has 0 bridgehead atoms. The Balaban J connectivity index is 1.96. The van der Waals surface area contributed by atoms with Crippen molar-refractivity contribution in [2.75, 3.05) is 20.2 Å². The minimum Gasteiger partial charge on any atom is -0.378 e. The van der Waals surface area contributed by atoms with Gasteiger partial charge in [-0.1, -0.05) is 19.8 Å². The Morgan fingerprint density at radius 2 is 2.12 bits per heavy atom. The molecule has 1 heterocycles. The molecule has 1 aliphatic heterocycles. The zero-order valence-corrected chi connectivity index (χ0v) is 10.9. The van der Waals surface area contributed by atoms with Crippen molar-refractivity contribution >= 4 is 5.91 Å². The van der Waals surface area contributed by atoms with Crippen molar-refractivity contribution in [1.82, 2.24) is 10.6 Å². The highest BCUT2D eigenvalue weighted by molar-refractivity contribution is 5.83. The standard InChI is InChI=1S/C13H24N2O2/c1-3-13(6-4-5-7-13)12(16)15-10-8-14-9-11(10)17-2/h10-11,14H,3-9H2,1-2H3,(H,15,16)/t10?,11-/m0/s1. The van der Waals surface area contributed by atoms with Crippen molar-refractivity contribution in [1.29, 1.82) is 0 Å². The number of amides is 1. The van der Waals surface area contributed by atoms with E-state index in [1.165, 1.54) is 12.8 Å². The van der Waals surface area contributed by atoms with Gasteiger partial charge in [0.05, 0.1) is 12.1 Å². The fraction of sp³-hybridized carbons (Fsp3) is 0.923. The molecule has 0 aromatic heterocycles. The predicted molar refractivity (Wildman–Crippen MR) is 66.8 cm³/mol. The van der Waals surface area contributed by atoms with Gasteiger partial charge in [0, 0.05) is 25.6 Å². The lowest BCUT2D eigenvalue weighted by atomic mass is 9.82. The summed E-state index contributed by atoms with van der Waals surface area (Å²) >= 11 is 0. The van der Waals surface area contributed by atoms with Gasteiger partial charge in [-0.15, -0.1) is 0 Å². The van der Waals surface area contributed by atoms with Crippen molar-refractivity contribution in [2.45, 2.75) is 51.2 Å². The average molecular weight is 240 g/mol. The van der Waals surface area contributed by atoms with E-state index in [2.05, 4.69) is 17.6 Å². The molecule has 1 amide bonds. The summed E-state index contributed by atoms with van der Waals surface area (Å²) in [5.41, 5.74) is -0.0963. The van der Waals surface area contributed by atoms with Crippen molar-refractivity contribution in [3.63, 3.8) is 0 Å². The molecular weight excluding hydrogens is 216 g/mol. The minimum absolute atomic E-state index is 0.0963. The Morgan fingerprint density at radius 1 is 1.41 bits per heavy atom. The molecule has 1 saturated heterocycles. The third-order valence-electron chi connectivity index (χ3n) is 4.50.